The molecule has 1 fully saturated rings. The van der Waals surface area contributed by atoms with Gasteiger partial charge in [-0.1, -0.05) is 6.92 Å². The van der Waals surface area contributed by atoms with Crippen molar-refractivity contribution in [3.8, 4) is 0 Å². The van der Waals surface area contributed by atoms with Gasteiger partial charge in [0.15, 0.2) is 0 Å². The molecule has 0 aromatic carbocycles. The third kappa shape index (κ3) is 18.5. The summed E-state index contributed by atoms with van der Waals surface area (Å²) in [5.74, 6) is 0.263. The van der Waals surface area contributed by atoms with Gasteiger partial charge in [0.2, 0.25) is 5.91 Å². The number of amides is 2. The number of aliphatic hydroxyl groups excluding tert-OH is 1. The average molecular weight is 560 g/mol. The van der Waals surface area contributed by atoms with Crippen LogP contribution in [0.15, 0.2) is 0 Å². The number of nitrogens with one attached hydrogen (secondary N) is 1. The third-order valence-electron chi connectivity index (χ3n) is 3.93. The summed E-state index contributed by atoms with van der Waals surface area (Å²) in [4.78, 5) is 24.1. The fourth-order valence-electron chi connectivity index (χ4n) is 2.25. The van der Waals surface area contributed by atoms with Crippen molar-refractivity contribution in [2.75, 3.05) is 27.2 Å². The maximum Gasteiger partial charge on any atom is 0.407 e. The SMILES string of the molecule is CCC(C)(O)CCCC(=O)N1CCCC1.CNC(=O)OC(C)(C)C.CO.[W]. The van der Waals surface area contributed by atoms with Gasteiger partial charge in [-0.15, -0.1) is 0 Å². The molecule has 27 heavy (non-hydrogen) atoms. The minimum absolute atomic E-state index is 0. The number of carbonyl (C=O) groups is 2. The van der Waals surface area contributed by atoms with Crippen LogP contribution in [0.4, 0.5) is 4.79 Å². The molecule has 3 N–H and O–H groups in total. The van der Waals surface area contributed by atoms with Crippen LogP contribution in [-0.2, 0) is 30.6 Å². The first-order valence-electron chi connectivity index (χ1n) is 9.36. The van der Waals surface area contributed by atoms with Crippen LogP contribution in [-0.4, -0.2) is 65.6 Å². The number of rotatable bonds is 5. The predicted octanol–water partition coefficient (Wildman–Crippen LogP) is 2.69. The van der Waals surface area contributed by atoms with E-state index in [9.17, 15) is 14.7 Å². The Morgan fingerprint density at radius 3 is 1.93 bits per heavy atom. The molecule has 7 nitrogen and oxygen atoms in total. The zero-order chi connectivity index (χ0) is 20.8. The number of hydrogen-bond donors (Lipinski definition) is 3. The zero-order valence-electron chi connectivity index (χ0n) is 18.1. The van der Waals surface area contributed by atoms with Crippen molar-refractivity contribution in [2.45, 2.75) is 84.3 Å². The maximum atomic E-state index is 11.7. The molecule has 8 heteroatoms. The Kier molecular flexibility index (Phi) is 18.8. The number of aliphatic hydroxyl groups is 2. The molecular formula is C19H40N2O5W. The van der Waals surface area contributed by atoms with Gasteiger partial charge in [-0.05, 0) is 59.8 Å². The zero-order valence-corrected chi connectivity index (χ0v) is 21.1. The van der Waals surface area contributed by atoms with Gasteiger partial charge in [-0.25, -0.2) is 4.79 Å². The fourth-order valence-corrected chi connectivity index (χ4v) is 2.25. The van der Waals surface area contributed by atoms with E-state index < -0.39 is 5.60 Å². The summed E-state index contributed by atoms with van der Waals surface area (Å²) >= 11 is 0. The van der Waals surface area contributed by atoms with E-state index in [0.717, 1.165) is 52.3 Å². The smallest absolute Gasteiger partial charge is 0.407 e. The molecule has 0 bridgehead atoms. The Balaban J connectivity index is -0.000000416. The Bertz CT molecular complexity index is 392. The quantitative estimate of drug-likeness (QED) is 0.481. The summed E-state index contributed by atoms with van der Waals surface area (Å²) in [6, 6.07) is 0. The number of nitrogens with zero attached hydrogens (tertiary/aromatic N) is 1. The van der Waals surface area contributed by atoms with Gasteiger partial charge in [0.1, 0.15) is 5.60 Å². The number of likely N-dealkylation sites (tertiary alicyclic amines) is 1. The van der Waals surface area contributed by atoms with Crippen LogP contribution in [0.5, 0.6) is 0 Å². The van der Waals surface area contributed by atoms with E-state index in [1.54, 1.807) is 0 Å². The van der Waals surface area contributed by atoms with Crippen molar-refractivity contribution >= 4 is 12.0 Å². The average Bonchev–Trinajstić information content (AvgIpc) is 3.10. The number of ether oxygens (including phenoxy) is 1. The molecule has 1 rings (SSSR count). The van der Waals surface area contributed by atoms with Crippen LogP contribution in [0.25, 0.3) is 0 Å². The first-order chi connectivity index (χ1) is 12.0. The Hall–Kier alpha value is -0.652. The van der Waals surface area contributed by atoms with E-state index in [1.807, 2.05) is 39.5 Å². The van der Waals surface area contributed by atoms with Crippen LogP contribution < -0.4 is 5.32 Å². The van der Waals surface area contributed by atoms with Crippen molar-refractivity contribution in [3.63, 3.8) is 0 Å². The molecule has 1 heterocycles. The number of carbonyl (C=O) groups excluding carboxylic acids is 2. The largest absolute Gasteiger partial charge is 0.444 e. The van der Waals surface area contributed by atoms with E-state index >= 15 is 0 Å². The van der Waals surface area contributed by atoms with Gasteiger partial charge in [0.25, 0.3) is 0 Å². The summed E-state index contributed by atoms with van der Waals surface area (Å²) in [6.07, 6.45) is 4.79. The number of hydrogen-bond acceptors (Lipinski definition) is 5. The Morgan fingerprint density at radius 2 is 1.59 bits per heavy atom. The van der Waals surface area contributed by atoms with Crippen molar-refractivity contribution in [1.29, 1.82) is 0 Å². The molecule has 0 spiro atoms. The topological polar surface area (TPSA) is 99.1 Å². The van der Waals surface area contributed by atoms with E-state index in [-0.39, 0.29) is 38.7 Å². The van der Waals surface area contributed by atoms with Crippen LogP contribution >= 0.6 is 0 Å². The molecule has 0 aromatic rings. The predicted molar refractivity (Wildman–Crippen MR) is 104 cm³/mol. The summed E-state index contributed by atoms with van der Waals surface area (Å²) in [5, 5.41) is 19.1. The third-order valence-corrected chi connectivity index (χ3v) is 3.93. The van der Waals surface area contributed by atoms with E-state index in [1.165, 1.54) is 7.05 Å². The first kappa shape index (κ1) is 31.1. The van der Waals surface area contributed by atoms with Crippen LogP contribution in [0, 0.1) is 0 Å². The molecule has 1 unspecified atom stereocenters. The first-order valence-corrected chi connectivity index (χ1v) is 9.36. The Labute approximate surface area is 179 Å². The van der Waals surface area contributed by atoms with Crippen molar-refractivity contribution in [1.82, 2.24) is 10.2 Å². The van der Waals surface area contributed by atoms with Crippen molar-refractivity contribution in [3.05, 3.63) is 0 Å². The second kappa shape index (κ2) is 16.3. The molecule has 0 saturated carbocycles. The van der Waals surface area contributed by atoms with Crippen LogP contribution in [0.1, 0.15) is 73.1 Å². The minimum Gasteiger partial charge on any atom is -0.444 e. The van der Waals surface area contributed by atoms with Gasteiger partial charge in [0.05, 0.1) is 5.60 Å². The summed E-state index contributed by atoms with van der Waals surface area (Å²) < 4.78 is 4.84. The molecular weight excluding hydrogens is 520 g/mol. The minimum atomic E-state index is -0.592. The van der Waals surface area contributed by atoms with Crippen molar-refractivity contribution in [2.24, 2.45) is 0 Å². The summed E-state index contributed by atoms with van der Waals surface area (Å²) in [5.41, 5.74) is -0.981. The van der Waals surface area contributed by atoms with E-state index in [4.69, 9.17) is 9.84 Å². The van der Waals surface area contributed by atoms with E-state index in [2.05, 4.69) is 5.32 Å². The normalized spacial score (nSPS) is 15.1. The van der Waals surface area contributed by atoms with Gasteiger partial charge in [-0.3, -0.25) is 4.79 Å². The molecule has 162 valence electrons. The molecule has 0 radical (unpaired) electrons. The molecule has 0 aromatic heterocycles. The second-order valence-corrected chi connectivity index (χ2v) is 7.54. The van der Waals surface area contributed by atoms with Gasteiger partial charge < -0.3 is 25.2 Å². The molecule has 1 saturated heterocycles. The Morgan fingerprint density at radius 1 is 1.11 bits per heavy atom. The maximum absolute atomic E-state index is 11.7. The van der Waals surface area contributed by atoms with Crippen molar-refractivity contribution < 1.29 is 45.6 Å². The number of alkyl carbamates (subject to hydrolysis) is 1. The molecule has 2 amide bonds. The van der Waals surface area contributed by atoms with Crippen LogP contribution in [0.2, 0.25) is 0 Å². The molecule has 0 aliphatic carbocycles. The van der Waals surface area contributed by atoms with Crippen LogP contribution in [0.3, 0.4) is 0 Å². The monoisotopic (exact) mass is 560 g/mol. The summed E-state index contributed by atoms with van der Waals surface area (Å²) in [6.45, 7) is 11.1. The molecule has 1 aliphatic rings. The second-order valence-electron chi connectivity index (χ2n) is 7.54. The van der Waals surface area contributed by atoms with E-state index in [0.29, 0.717) is 6.42 Å². The van der Waals surface area contributed by atoms with Gasteiger partial charge in [-0.2, -0.15) is 0 Å². The molecule has 1 aliphatic heterocycles. The summed E-state index contributed by atoms with van der Waals surface area (Å²) in [7, 11) is 2.54. The van der Waals surface area contributed by atoms with Gasteiger partial charge >= 0.3 is 6.09 Å². The standard InChI is InChI=1S/C12H23NO2.C6H13NO2.CH4O.W/c1-3-12(2,15)8-6-7-11(14)13-9-4-5-10-13;1-6(2,3)9-5(8)7-4;1-2;/h15H,3-10H2,1-2H3;1-4H3,(H,7,8);2H,1H3;. The van der Waals surface area contributed by atoms with Gasteiger partial charge in [0, 0.05) is 54.7 Å². The molecule has 1 atom stereocenters. The fraction of sp³-hybridized carbons (Fsp3) is 0.895.